The van der Waals surface area contributed by atoms with Gasteiger partial charge in [0, 0.05) is 6.07 Å². The van der Waals surface area contributed by atoms with Crippen molar-refractivity contribution in [3.8, 4) is 24.0 Å². The zero-order valence-electron chi connectivity index (χ0n) is 13.9. The Hall–Kier alpha value is -3.08. The molecule has 1 aromatic rings. The first-order valence-corrected chi connectivity index (χ1v) is 7.90. The number of nitrogens with one attached hydrogen (secondary N) is 1. The van der Waals surface area contributed by atoms with Crippen LogP contribution in [0.3, 0.4) is 0 Å². The van der Waals surface area contributed by atoms with E-state index in [2.05, 4.69) is 17.3 Å². The van der Waals surface area contributed by atoms with Crippen LogP contribution in [0, 0.1) is 45.7 Å². The predicted octanol–water partition coefficient (Wildman–Crippen LogP) is 2.78. The van der Waals surface area contributed by atoms with Crippen molar-refractivity contribution in [2.24, 2.45) is 5.92 Å². The summed E-state index contributed by atoms with van der Waals surface area (Å²) in [4.78, 5) is 2.26. The molecule has 1 heterocycles. The zero-order valence-corrected chi connectivity index (χ0v) is 13.9. The minimum atomic E-state index is -0.512. The highest BCUT2D eigenvalue weighted by Crippen LogP contribution is 2.28. The van der Waals surface area contributed by atoms with E-state index in [0.717, 1.165) is 25.9 Å². The summed E-state index contributed by atoms with van der Waals surface area (Å²) < 4.78 is 19.4. The van der Waals surface area contributed by atoms with Crippen LogP contribution in [-0.4, -0.2) is 31.6 Å². The van der Waals surface area contributed by atoms with Gasteiger partial charge in [-0.2, -0.15) is 15.8 Å². The highest BCUT2D eigenvalue weighted by Gasteiger charge is 2.18. The fraction of sp³-hybridized carbons (Fsp3) is 0.389. The van der Waals surface area contributed by atoms with Crippen molar-refractivity contribution >= 4 is 5.69 Å². The Kier molecular flexibility index (Phi) is 6.34. The number of hydrogen-bond acceptors (Lipinski definition) is 6. The van der Waals surface area contributed by atoms with E-state index in [-0.39, 0.29) is 17.0 Å². The van der Waals surface area contributed by atoms with Crippen molar-refractivity contribution in [2.75, 3.05) is 32.1 Å². The van der Waals surface area contributed by atoms with E-state index >= 15 is 0 Å². The number of nitrogens with zero attached hydrogens (tertiary/aromatic N) is 4. The molecule has 1 aliphatic heterocycles. The molecule has 0 radical (unpaired) electrons. The second-order valence-corrected chi connectivity index (χ2v) is 5.91. The number of likely N-dealkylation sites (tertiary alicyclic amines) is 1. The highest BCUT2D eigenvalue weighted by molar-refractivity contribution is 5.64. The van der Waals surface area contributed by atoms with Gasteiger partial charge in [-0.25, -0.2) is 4.39 Å². The first kappa shape index (κ1) is 18.3. The Bertz CT molecular complexity index is 760. The Morgan fingerprint density at radius 1 is 1.24 bits per heavy atom. The smallest absolute Gasteiger partial charge is 0.163 e. The third kappa shape index (κ3) is 4.94. The van der Waals surface area contributed by atoms with Crippen LogP contribution in [0.2, 0.25) is 0 Å². The topological polar surface area (TPSA) is 95.9 Å². The van der Waals surface area contributed by atoms with E-state index in [1.165, 1.54) is 18.2 Å². The monoisotopic (exact) mass is 339 g/mol. The van der Waals surface area contributed by atoms with Gasteiger partial charge < -0.3 is 15.0 Å². The van der Waals surface area contributed by atoms with E-state index in [1.807, 2.05) is 0 Å². The lowest BCUT2D eigenvalue weighted by molar-refractivity contribution is 0.160. The molecule has 0 amide bonds. The number of anilines is 1. The summed E-state index contributed by atoms with van der Waals surface area (Å²) in [6.07, 6.45) is 2.05. The highest BCUT2D eigenvalue weighted by atomic mass is 19.1. The summed E-state index contributed by atoms with van der Waals surface area (Å²) in [5, 5.41) is 29.5. The summed E-state index contributed by atoms with van der Waals surface area (Å²) in [5.74, 6) is 0.277. The molecule has 25 heavy (non-hydrogen) atoms. The minimum absolute atomic E-state index is 0.215. The van der Waals surface area contributed by atoms with Gasteiger partial charge in [-0.05, 0) is 51.0 Å². The van der Waals surface area contributed by atoms with Crippen LogP contribution in [0.15, 0.2) is 29.5 Å². The van der Waals surface area contributed by atoms with Crippen LogP contribution in [0.25, 0.3) is 0 Å². The number of benzene rings is 1. The lowest BCUT2D eigenvalue weighted by atomic mass is 9.98. The molecule has 0 unspecified atom stereocenters. The molecule has 7 heteroatoms. The lowest BCUT2D eigenvalue weighted by Crippen LogP contribution is -2.32. The van der Waals surface area contributed by atoms with E-state index in [4.69, 9.17) is 20.5 Å². The third-order valence-electron chi connectivity index (χ3n) is 4.10. The standard InChI is InChI=1S/C18H18FN5O/c1-24-6-4-13(5-7-24)12-25-18-3-2-15(19)8-16(18)23-17(11-22)14(9-20)10-21/h2-3,8,13,23H,4-7,12H2,1H3. The average molecular weight is 339 g/mol. The van der Waals surface area contributed by atoms with Crippen molar-refractivity contribution in [2.45, 2.75) is 12.8 Å². The molecular formula is C18H18FN5O. The number of nitriles is 3. The van der Waals surface area contributed by atoms with Crippen molar-refractivity contribution in [1.82, 2.24) is 4.90 Å². The fourth-order valence-corrected chi connectivity index (χ4v) is 2.58. The fourth-order valence-electron chi connectivity index (χ4n) is 2.58. The summed E-state index contributed by atoms with van der Waals surface area (Å²) in [7, 11) is 2.08. The first-order chi connectivity index (χ1) is 12.1. The maximum atomic E-state index is 13.6. The van der Waals surface area contributed by atoms with Crippen LogP contribution in [0.5, 0.6) is 5.75 Å². The van der Waals surface area contributed by atoms with E-state index in [0.29, 0.717) is 18.3 Å². The molecule has 6 nitrogen and oxygen atoms in total. The maximum Gasteiger partial charge on any atom is 0.163 e. The normalized spacial score (nSPS) is 14.7. The molecular weight excluding hydrogens is 321 g/mol. The molecule has 0 aliphatic carbocycles. The van der Waals surface area contributed by atoms with Gasteiger partial charge in [-0.3, -0.25) is 0 Å². The van der Waals surface area contributed by atoms with Crippen molar-refractivity contribution in [3.63, 3.8) is 0 Å². The van der Waals surface area contributed by atoms with Crippen LogP contribution in [0.1, 0.15) is 12.8 Å². The quantitative estimate of drug-likeness (QED) is 0.829. The van der Waals surface area contributed by atoms with Gasteiger partial charge in [-0.1, -0.05) is 0 Å². The van der Waals surface area contributed by atoms with Crippen molar-refractivity contribution in [3.05, 3.63) is 35.3 Å². The Labute approximate surface area is 146 Å². The van der Waals surface area contributed by atoms with Crippen LogP contribution >= 0.6 is 0 Å². The lowest BCUT2D eigenvalue weighted by Gasteiger charge is -2.29. The molecule has 1 fully saturated rings. The van der Waals surface area contributed by atoms with Crippen LogP contribution in [0.4, 0.5) is 10.1 Å². The molecule has 0 saturated carbocycles. The largest absolute Gasteiger partial charge is 0.491 e. The number of hydrogen-bond donors (Lipinski definition) is 1. The SMILES string of the molecule is CN1CCC(COc2ccc(F)cc2NC(C#N)=C(C#N)C#N)CC1. The maximum absolute atomic E-state index is 13.6. The molecule has 0 atom stereocenters. The van der Waals surface area contributed by atoms with Gasteiger partial charge in [-0.15, -0.1) is 0 Å². The number of ether oxygens (including phenoxy) is 1. The van der Waals surface area contributed by atoms with E-state index in [1.54, 1.807) is 18.2 Å². The molecule has 128 valence electrons. The summed E-state index contributed by atoms with van der Waals surface area (Å²) in [5.41, 5.74) is -0.389. The molecule has 1 aromatic carbocycles. The number of allylic oxidation sites excluding steroid dienone is 2. The van der Waals surface area contributed by atoms with Gasteiger partial charge in [0.05, 0.1) is 12.3 Å². The van der Waals surface area contributed by atoms with Gasteiger partial charge >= 0.3 is 0 Å². The Morgan fingerprint density at radius 3 is 2.52 bits per heavy atom. The number of piperidine rings is 1. The molecule has 2 rings (SSSR count). The average Bonchev–Trinajstić information content (AvgIpc) is 2.62. The van der Waals surface area contributed by atoms with Crippen LogP contribution in [-0.2, 0) is 0 Å². The predicted molar refractivity (Wildman–Crippen MR) is 89.6 cm³/mol. The summed E-state index contributed by atoms with van der Waals surface area (Å²) in [6.45, 7) is 2.51. The molecule has 1 aliphatic rings. The van der Waals surface area contributed by atoms with Crippen molar-refractivity contribution < 1.29 is 9.13 Å². The Balaban J connectivity index is 2.15. The van der Waals surface area contributed by atoms with Gasteiger partial charge in [0.1, 0.15) is 35.5 Å². The zero-order chi connectivity index (χ0) is 18.2. The number of halogens is 1. The molecule has 0 aromatic heterocycles. The second-order valence-electron chi connectivity index (χ2n) is 5.91. The van der Waals surface area contributed by atoms with Crippen LogP contribution < -0.4 is 10.1 Å². The van der Waals surface area contributed by atoms with Crippen molar-refractivity contribution in [1.29, 1.82) is 15.8 Å². The second kappa shape index (κ2) is 8.68. The van der Waals surface area contributed by atoms with Gasteiger partial charge in [0.15, 0.2) is 5.57 Å². The minimum Gasteiger partial charge on any atom is -0.491 e. The number of rotatable bonds is 5. The van der Waals surface area contributed by atoms with E-state index < -0.39 is 5.82 Å². The molecule has 1 N–H and O–H groups in total. The van der Waals surface area contributed by atoms with E-state index in [9.17, 15) is 4.39 Å². The summed E-state index contributed by atoms with van der Waals surface area (Å²) >= 11 is 0. The Morgan fingerprint density at radius 2 is 1.92 bits per heavy atom. The van der Waals surface area contributed by atoms with Gasteiger partial charge in [0.25, 0.3) is 0 Å². The molecule has 0 bridgehead atoms. The van der Waals surface area contributed by atoms with Gasteiger partial charge in [0.2, 0.25) is 0 Å². The first-order valence-electron chi connectivity index (χ1n) is 7.90. The summed E-state index contributed by atoms with van der Waals surface area (Å²) in [6, 6.07) is 8.94. The molecule has 1 saturated heterocycles. The third-order valence-corrected chi connectivity index (χ3v) is 4.10. The molecule has 0 spiro atoms.